The predicted octanol–water partition coefficient (Wildman–Crippen LogP) is 3.73. The number of para-hydroxylation sites is 1. The topological polar surface area (TPSA) is 75.5 Å². The third kappa shape index (κ3) is 4.98. The van der Waals surface area contributed by atoms with Gasteiger partial charge in [0.15, 0.2) is 0 Å². The molecule has 9 heteroatoms. The zero-order valence-electron chi connectivity index (χ0n) is 17.3. The molecule has 0 radical (unpaired) electrons. The Kier molecular flexibility index (Phi) is 6.82. The molecule has 0 aliphatic carbocycles. The van der Waals surface area contributed by atoms with E-state index in [2.05, 4.69) is 11.7 Å². The number of amides is 1. The van der Waals surface area contributed by atoms with Crippen molar-refractivity contribution in [2.45, 2.75) is 11.4 Å². The first-order valence-electron chi connectivity index (χ1n) is 9.45. The maximum absolute atomic E-state index is 13.4. The lowest BCUT2D eigenvalue weighted by Gasteiger charge is -2.24. The van der Waals surface area contributed by atoms with Crippen molar-refractivity contribution in [1.82, 2.24) is 14.7 Å². The van der Waals surface area contributed by atoms with E-state index in [9.17, 15) is 13.2 Å². The number of aromatic nitrogens is 2. The van der Waals surface area contributed by atoms with Crippen LogP contribution < -0.4 is 4.31 Å². The molecule has 0 spiro atoms. The summed E-state index contributed by atoms with van der Waals surface area (Å²) in [6, 6.07) is 12.9. The molecular formula is C22H23ClN4O3S. The van der Waals surface area contributed by atoms with Gasteiger partial charge >= 0.3 is 0 Å². The molecule has 1 aromatic heterocycles. The second-order valence-electron chi connectivity index (χ2n) is 6.99. The number of nitrogens with zero attached hydrogens (tertiary/aromatic N) is 4. The Morgan fingerprint density at radius 2 is 1.94 bits per heavy atom. The highest BCUT2D eigenvalue weighted by Gasteiger charge is 2.28. The van der Waals surface area contributed by atoms with E-state index in [1.807, 2.05) is 6.20 Å². The van der Waals surface area contributed by atoms with Crippen molar-refractivity contribution in [2.75, 3.05) is 17.9 Å². The Balaban J connectivity index is 1.95. The summed E-state index contributed by atoms with van der Waals surface area (Å²) >= 11 is 6.26. The fourth-order valence-corrected chi connectivity index (χ4v) is 5.06. The van der Waals surface area contributed by atoms with Gasteiger partial charge in [0.05, 0.1) is 23.5 Å². The SMILES string of the molecule is C=CCN(c1ccccc1)S(=O)(=O)c1cc(C(=O)N(C)Cc2cnn(C)c2)ccc1Cl. The number of carbonyl (C=O) groups is 1. The van der Waals surface area contributed by atoms with Crippen LogP contribution in [0.25, 0.3) is 0 Å². The summed E-state index contributed by atoms with van der Waals surface area (Å²) in [6.07, 6.45) is 4.98. The first kappa shape index (κ1) is 22.6. The summed E-state index contributed by atoms with van der Waals surface area (Å²) < 4.78 is 29.7. The Morgan fingerprint density at radius 1 is 1.23 bits per heavy atom. The number of benzene rings is 2. The van der Waals surface area contributed by atoms with Crippen LogP contribution in [0.2, 0.25) is 5.02 Å². The van der Waals surface area contributed by atoms with E-state index in [1.165, 1.54) is 33.5 Å². The number of sulfonamides is 1. The molecule has 0 atom stereocenters. The minimum Gasteiger partial charge on any atom is -0.337 e. The van der Waals surface area contributed by atoms with Crippen molar-refractivity contribution in [3.63, 3.8) is 0 Å². The molecule has 0 fully saturated rings. The monoisotopic (exact) mass is 458 g/mol. The molecule has 0 aliphatic heterocycles. The van der Waals surface area contributed by atoms with Crippen LogP contribution in [0.4, 0.5) is 5.69 Å². The van der Waals surface area contributed by atoms with E-state index in [1.54, 1.807) is 55.3 Å². The summed E-state index contributed by atoms with van der Waals surface area (Å²) in [7, 11) is -0.598. The van der Waals surface area contributed by atoms with E-state index in [-0.39, 0.29) is 27.9 Å². The maximum atomic E-state index is 13.4. The molecular weight excluding hydrogens is 436 g/mol. The average Bonchev–Trinajstić information content (AvgIpc) is 3.16. The fourth-order valence-electron chi connectivity index (χ4n) is 3.13. The summed E-state index contributed by atoms with van der Waals surface area (Å²) in [6.45, 7) is 4.05. The average molecular weight is 459 g/mol. The van der Waals surface area contributed by atoms with Gasteiger partial charge in [0, 0.05) is 38.0 Å². The third-order valence-electron chi connectivity index (χ3n) is 4.61. The van der Waals surface area contributed by atoms with E-state index < -0.39 is 10.0 Å². The van der Waals surface area contributed by atoms with Gasteiger partial charge in [-0.1, -0.05) is 35.9 Å². The van der Waals surface area contributed by atoms with Crippen LogP contribution in [0, 0.1) is 0 Å². The van der Waals surface area contributed by atoms with Gasteiger partial charge in [-0.3, -0.25) is 13.8 Å². The second kappa shape index (κ2) is 9.36. The standard InChI is InChI=1S/C22H23ClN4O3S/c1-4-12-27(19-8-6-5-7-9-19)31(29,30)21-13-18(10-11-20(21)23)22(28)25(2)15-17-14-24-26(3)16-17/h4-11,13-14,16H,1,12,15H2,2-3H3. The van der Waals surface area contributed by atoms with E-state index in [4.69, 9.17) is 11.6 Å². The molecule has 1 heterocycles. The van der Waals surface area contributed by atoms with Gasteiger partial charge in [0.25, 0.3) is 15.9 Å². The number of hydrogen-bond donors (Lipinski definition) is 0. The molecule has 0 saturated heterocycles. The molecule has 7 nitrogen and oxygen atoms in total. The Hall–Kier alpha value is -3.10. The molecule has 0 bridgehead atoms. The number of rotatable bonds is 8. The number of aryl methyl sites for hydroxylation is 1. The smallest absolute Gasteiger partial charge is 0.266 e. The highest BCUT2D eigenvalue weighted by molar-refractivity contribution is 7.93. The van der Waals surface area contributed by atoms with Crippen LogP contribution in [0.3, 0.4) is 0 Å². The zero-order chi connectivity index (χ0) is 22.6. The van der Waals surface area contributed by atoms with Crippen molar-refractivity contribution in [2.24, 2.45) is 7.05 Å². The van der Waals surface area contributed by atoms with Crippen LogP contribution in [0.1, 0.15) is 15.9 Å². The van der Waals surface area contributed by atoms with Gasteiger partial charge in [-0.25, -0.2) is 8.42 Å². The molecule has 0 saturated carbocycles. The molecule has 0 aliphatic rings. The highest BCUT2D eigenvalue weighted by atomic mass is 35.5. The van der Waals surface area contributed by atoms with Gasteiger partial charge in [0.2, 0.25) is 0 Å². The van der Waals surface area contributed by atoms with Gasteiger partial charge < -0.3 is 4.90 Å². The Labute approximate surface area is 187 Å². The number of hydrogen-bond acceptors (Lipinski definition) is 4. The quantitative estimate of drug-likeness (QED) is 0.482. The van der Waals surface area contributed by atoms with Gasteiger partial charge in [-0.05, 0) is 30.3 Å². The molecule has 2 aromatic carbocycles. The van der Waals surface area contributed by atoms with E-state index in [0.717, 1.165) is 5.56 Å². The lowest BCUT2D eigenvalue weighted by molar-refractivity contribution is 0.0785. The lowest BCUT2D eigenvalue weighted by Crippen LogP contribution is -2.32. The molecule has 31 heavy (non-hydrogen) atoms. The summed E-state index contributed by atoms with van der Waals surface area (Å²) in [4.78, 5) is 14.3. The van der Waals surface area contributed by atoms with Crippen LogP contribution in [0.5, 0.6) is 0 Å². The first-order chi connectivity index (χ1) is 14.7. The van der Waals surface area contributed by atoms with E-state index >= 15 is 0 Å². The normalized spacial score (nSPS) is 11.2. The minimum absolute atomic E-state index is 0.0384. The van der Waals surface area contributed by atoms with Gasteiger partial charge in [-0.2, -0.15) is 5.10 Å². The Bertz CT molecular complexity index is 1190. The summed E-state index contributed by atoms with van der Waals surface area (Å²) in [5.74, 6) is -0.327. The summed E-state index contributed by atoms with van der Waals surface area (Å²) in [5.41, 5.74) is 1.56. The predicted molar refractivity (Wildman–Crippen MR) is 122 cm³/mol. The van der Waals surface area contributed by atoms with Crippen LogP contribution in [0.15, 0.2) is 78.5 Å². The number of halogens is 1. The highest BCUT2D eigenvalue weighted by Crippen LogP contribution is 2.29. The zero-order valence-corrected chi connectivity index (χ0v) is 18.8. The number of anilines is 1. The minimum atomic E-state index is -4.04. The van der Waals surface area contributed by atoms with Crippen molar-refractivity contribution < 1.29 is 13.2 Å². The molecule has 1 amide bonds. The first-order valence-corrected chi connectivity index (χ1v) is 11.3. The summed E-state index contributed by atoms with van der Waals surface area (Å²) in [5, 5.41) is 4.13. The molecule has 3 aromatic rings. The lowest BCUT2D eigenvalue weighted by atomic mass is 10.2. The van der Waals surface area contributed by atoms with Gasteiger partial charge in [-0.15, -0.1) is 6.58 Å². The van der Waals surface area contributed by atoms with E-state index in [0.29, 0.717) is 12.2 Å². The van der Waals surface area contributed by atoms with Crippen molar-refractivity contribution in [3.05, 3.63) is 89.7 Å². The Morgan fingerprint density at radius 3 is 2.55 bits per heavy atom. The maximum Gasteiger partial charge on any atom is 0.266 e. The third-order valence-corrected chi connectivity index (χ3v) is 6.89. The van der Waals surface area contributed by atoms with Crippen LogP contribution >= 0.6 is 11.6 Å². The van der Waals surface area contributed by atoms with Crippen molar-refractivity contribution in [1.29, 1.82) is 0 Å². The van der Waals surface area contributed by atoms with Crippen LogP contribution in [-0.4, -0.2) is 42.6 Å². The second-order valence-corrected chi connectivity index (χ2v) is 9.23. The van der Waals surface area contributed by atoms with Crippen LogP contribution in [-0.2, 0) is 23.6 Å². The van der Waals surface area contributed by atoms with Crippen molar-refractivity contribution >= 4 is 33.2 Å². The molecule has 162 valence electrons. The fraction of sp³-hybridized carbons (Fsp3) is 0.182. The molecule has 3 rings (SSSR count). The van der Waals surface area contributed by atoms with Gasteiger partial charge in [0.1, 0.15) is 4.90 Å². The molecule has 0 unspecified atom stereocenters. The largest absolute Gasteiger partial charge is 0.337 e. The number of carbonyl (C=O) groups excluding carboxylic acids is 1. The molecule has 0 N–H and O–H groups in total. The van der Waals surface area contributed by atoms with Crippen molar-refractivity contribution in [3.8, 4) is 0 Å².